The quantitative estimate of drug-likeness (QED) is 0.655. The lowest BCUT2D eigenvalue weighted by molar-refractivity contribution is -0.153. The lowest BCUT2D eigenvalue weighted by Gasteiger charge is -2.30. The van der Waals surface area contributed by atoms with E-state index in [0.717, 1.165) is 5.56 Å². The van der Waals surface area contributed by atoms with E-state index in [0.29, 0.717) is 6.42 Å². The Kier molecular flexibility index (Phi) is 8.23. The summed E-state index contributed by atoms with van der Waals surface area (Å²) in [6.07, 6.45) is 0.528. The van der Waals surface area contributed by atoms with E-state index in [2.05, 4.69) is 4.72 Å². The summed E-state index contributed by atoms with van der Waals surface area (Å²) < 4.78 is 30.6. The summed E-state index contributed by atoms with van der Waals surface area (Å²) in [4.78, 5) is 25.8. The van der Waals surface area contributed by atoms with Crippen LogP contribution in [0.5, 0.6) is 0 Å². The molecule has 0 aliphatic heterocycles. The maximum atomic E-state index is 12.2. The minimum Gasteiger partial charge on any atom is -0.456 e. The van der Waals surface area contributed by atoms with Crippen molar-refractivity contribution in [1.82, 2.24) is 9.62 Å². The molecule has 0 saturated heterocycles. The fraction of sp³-hybridized carbons (Fsp3) is 0.556. The van der Waals surface area contributed by atoms with Crippen molar-refractivity contribution in [2.45, 2.75) is 57.5 Å². The number of hydrogen-bond acceptors (Lipinski definition) is 5. The van der Waals surface area contributed by atoms with Gasteiger partial charge in [-0.1, -0.05) is 12.1 Å². The third kappa shape index (κ3) is 6.42. The number of nitrogens with zero attached hydrogens (tertiary/aromatic N) is 1. The third-order valence-corrected chi connectivity index (χ3v) is 5.31. The summed E-state index contributed by atoms with van der Waals surface area (Å²) in [5.41, 5.74) is 0.814. The fourth-order valence-corrected chi connectivity index (χ4v) is 3.39. The molecule has 146 valence electrons. The normalized spacial score (nSPS) is 11.7. The van der Waals surface area contributed by atoms with Gasteiger partial charge in [0.1, 0.15) is 0 Å². The Morgan fingerprint density at radius 2 is 1.62 bits per heavy atom. The number of nitrogens with one attached hydrogen (secondary N) is 1. The molecule has 0 aliphatic rings. The smallest absolute Gasteiger partial charge is 0.306 e. The Morgan fingerprint density at radius 1 is 1.08 bits per heavy atom. The molecule has 1 amide bonds. The number of amides is 1. The van der Waals surface area contributed by atoms with Gasteiger partial charge in [-0.2, -0.15) is 0 Å². The molecule has 0 spiro atoms. The summed E-state index contributed by atoms with van der Waals surface area (Å²) in [6.45, 7) is 7.39. The molecule has 0 atom stereocenters. The van der Waals surface area contributed by atoms with Gasteiger partial charge in [0, 0.05) is 18.5 Å². The van der Waals surface area contributed by atoms with Crippen molar-refractivity contribution < 1.29 is 22.7 Å². The van der Waals surface area contributed by atoms with E-state index >= 15 is 0 Å². The van der Waals surface area contributed by atoms with Gasteiger partial charge < -0.3 is 9.64 Å². The van der Waals surface area contributed by atoms with E-state index in [1.54, 1.807) is 17.0 Å². The van der Waals surface area contributed by atoms with Crippen molar-refractivity contribution in [3.05, 3.63) is 29.8 Å². The maximum absolute atomic E-state index is 12.2. The SMILES string of the molecule is CNS(=O)(=O)c1ccc(CCC(=O)OCC(=O)N(C(C)C)C(C)C)cc1. The van der Waals surface area contributed by atoms with Gasteiger partial charge in [0.25, 0.3) is 5.91 Å². The molecule has 8 heteroatoms. The molecule has 1 aromatic rings. The average Bonchev–Trinajstić information content (AvgIpc) is 2.57. The zero-order valence-corrected chi connectivity index (χ0v) is 16.8. The lowest BCUT2D eigenvalue weighted by atomic mass is 10.1. The predicted molar refractivity (Wildman–Crippen MR) is 99.1 cm³/mol. The number of ether oxygens (including phenoxy) is 1. The molecule has 1 N–H and O–H groups in total. The first-order chi connectivity index (χ1) is 12.1. The molecule has 26 heavy (non-hydrogen) atoms. The third-order valence-electron chi connectivity index (χ3n) is 3.88. The first-order valence-electron chi connectivity index (χ1n) is 8.57. The van der Waals surface area contributed by atoms with Crippen molar-refractivity contribution in [3.8, 4) is 0 Å². The minimum absolute atomic E-state index is 0.0357. The van der Waals surface area contributed by atoms with E-state index in [4.69, 9.17) is 4.74 Å². The Morgan fingerprint density at radius 3 is 2.08 bits per heavy atom. The average molecular weight is 384 g/mol. The van der Waals surface area contributed by atoms with Crippen molar-refractivity contribution in [1.29, 1.82) is 0 Å². The second-order valence-electron chi connectivity index (χ2n) is 6.50. The molecular weight excluding hydrogens is 356 g/mol. The van der Waals surface area contributed by atoms with Gasteiger partial charge in [0.2, 0.25) is 10.0 Å². The van der Waals surface area contributed by atoms with Gasteiger partial charge in [0.05, 0.1) is 4.90 Å². The van der Waals surface area contributed by atoms with Crippen LogP contribution in [0.4, 0.5) is 0 Å². The fourth-order valence-electron chi connectivity index (χ4n) is 2.66. The molecule has 1 rings (SSSR count). The first kappa shape index (κ1) is 22.1. The summed E-state index contributed by atoms with van der Waals surface area (Å²) >= 11 is 0. The van der Waals surface area contributed by atoms with Gasteiger partial charge in [-0.15, -0.1) is 0 Å². The molecule has 0 heterocycles. The molecule has 0 aromatic heterocycles. The van der Waals surface area contributed by atoms with E-state index < -0.39 is 16.0 Å². The zero-order chi connectivity index (χ0) is 19.9. The lowest BCUT2D eigenvalue weighted by Crippen LogP contribution is -2.44. The van der Waals surface area contributed by atoms with E-state index in [9.17, 15) is 18.0 Å². The van der Waals surface area contributed by atoms with Crippen LogP contribution in [0.1, 0.15) is 39.7 Å². The Bertz CT molecular complexity index is 704. The number of sulfonamides is 1. The van der Waals surface area contributed by atoms with Gasteiger partial charge in [-0.3, -0.25) is 9.59 Å². The van der Waals surface area contributed by atoms with Crippen LogP contribution in [0, 0.1) is 0 Å². The highest BCUT2D eigenvalue weighted by molar-refractivity contribution is 7.89. The van der Waals surface area contributed by atoms with Gasteiger partial charge in [0.15, 0.2) is 6.61 Å². The Labute approximate surface area is 155 Å². The molecule has 0 unspecified atom stereocenters. The van der Waals surface area contributed by atoms with Crippen LogP contribution >= 0.6 is 0 Å². The van der Waals surface area contributed by atoms with E-state index in [1.807, 2.05) is 27.7 Å². The second-order valence-corrected chi connectivity index (χ2v) is 8.39. The standard InChI is InChI=1S/C18H28N2O5S/c1-13(2)20(14(3)4)17(21)12-25-18(22)11-8-15-6-9-16(10-7-15)26(23,24)19-5/h6-7,9-10,13-14,19H,8,11-12H2,1-5H3. The van der Waals surface area contributed by atoms with Crippen LogP contribution in [0.25, 0.3) is 0 Å². The van der Waals surface area contributed by atoms with Crippen LogP contribution in [-0.2, 0) is 30.8 Å². The van der Waals surface area contributed by atoms with Crippen LogP contribution in [0.2, 0.25) is 0 Å². The van der Waals surface area contributed by atoms with Crippen LogP contribution < -0.4 is 4.72 Å². The second kappa shape index (κ2) is 9.68. The van der Waals surface area contributed by atoms with E-state index in [1.165, 1.54) is 19.2 Å². The minimum atomic E-state index is -3.47. The van der Waals surface area contributed by atoms with Crippen molar-refractivity contribution in [2.24, 2.45) is 0 Å². The molecular formula is C18H28N2O5S. The number of hydrogen-bond donors (Lipinski definition) is 1. The highest BCUT2D eigenvalue weighted by Gasteiger charge is 2.21. The highest BCUT2D eigenvalue weighted by Crippen LogP contribution is 2.12. The number of aryl methyl sites for hydroxylation is 1. The first-order valence-corrected chi connectivity index (χ1v) is 10.1. The van der Waals surface area contributed by atoms with Gasteiger partial charge >= 0.3 is 5.97 Å². The Balaban J connectivity index is 2.51. The van der Waals surface area contributed by atoms with E-state index in [-0.39, 0.29) is 35.9 Å². The Hall–Kier alpha value is -1.93. The molecule has 0 aliphatic carbocycles. The zero-order valence-electron chi connectivity index (χ0n) is 16.0. The topological polar surface area (TPSA) is 92.8 Å². The highest BCUT2D eigenvalue weighted by atomic mass is 32.2. The van der Waals surface area contributed by atoms with Crippen LogP contribution in [-0.4, -0.2) is 50.9 Å². The largest absolute Gasteiger partial charge is 0.456 e. The molecule has 0 bridgehead atoms. The number of esters is 1. The molecule has 0 saturated carbocycles. The maximum Gasteiger partial charge on any atom is 0.306 e. The van der Waals surface area contributed by atoms with Gasteiger partial charge in [-0.25, -0.2) is 13.1 Å². The summed E-state index contributed by atoms with van der Waals surface area (Å²) in [5.74, 6) is -0.678. The predicted octanol–water partition coefficient (Wildman–Crippen LogP) is 1.72. The van der Waals surface area contributed by atoms with Crippen molar-refractivity contribution >= 4 is 21.9 Å². The number of carbonyl (C=O) groups is 2. The summed E-state index contributed by atoms with van der Waals surface area (Å²) in [5, 5.41) is 0. The molecule has 0 fully saturated rings. The monoisotopic (exact) mass is 384 g/mol. The van der Waals surface area contributed by atoms with Crippen LogP contribution in [0.15, 0.2) is 29.2 Å². The number of carbonyl (C=O) groups excluding carboxylic acids is 2. The van der Waals surface area contributed by atoms with Crippen molar-refractivity contribution in [2.75, 3.05) is 13.7 Å². The molecule has 1 aromatic carbocycles. The summed E-state index contributed by atoms with van der Waals surface area (Å²) in [7, 11) is -2.12. The van der Waals surface area contributed by atoms with Gasteiger partial charge in [-0.05, 0) is 58.9 Å². The molecule has 7 nitrogen and oxygen atoms in total. The van der Waals surface area contributed by atoms with Crippen molar-refractivity contribution in [3.63, 3.8) is 0 Å². The number of benzene rings is 1. The number of rotatable bonds is 9. The van der Waals surface area contributed by atoms with Crippen LogP contribution in [0.3, 0.4) is 0 Å². The summed E-state index contributed by atoms with van der Waals surface area (Å²) in [6, 6.07) is 6.35. The molecule has 0 radical (unpaired) electrons.